The average molecular weight is 338 g/mol. The minimum Gasteiger partial charge on any atom is -0.320 e. The number of aryl methyl sites for hydroxylation is 2. The van der Waals surface area contributed by atoms with Gasteiger partial charge >= 0.3 is 11.9 Å². The molecule has 7 heteroatoms. The summed E-state index contributed by atoms with van der Waals surface area (Å²) in [6.07, 6.45) is 0. The number of carbonyl (C=O) groups is 4. The lowest BCUT2D eigenvalue weighted by atomic mass is 10.1. The highest BCUT2D eigenvalue weighted by atomic mass is 16.7. The maximum Gasteiger partial charge on any atom is 0.421 e. The van der Waals surface area contributed by atoms with Crippen LogP contribution in [0.4, 0.5) is 5.69 Å². The zero-order valence-electron chi connectivity index (χ0n) is 13.5. The van der Waals surface area contributed by atoms with E-state index in [1.54, 1.807) is 38.1 Å². The van der Waals surface area contributed by atoms with Gasteiger partial charge in [0.05, 0.1) is 11.1 Å². The second-order valence-electron chi connectivity index (χ2n) is 5.55. The number of amides is 3. The van der Waals surface area contributed by atoms with Crippen molar-refractivity contribution in [2.24, 2.45) is 0 Å². The number of nitrogens with zero attached hydrogens (tertiary/aromatic N) is 1. The first-order valence-electron chi connectivity index (χ1n) is 7.47. The molecule has 1 aliphatic heterocycles. The first kappa shape index (κ1) is 16.4. The van der Waals surface area contributed by atoms with Crippen LogP contribution in [-0.2, 0) is 14.4 Å². The van der Waals surface area contributed by atoms with Crippen molar-refractivity contribution >= 4 is 29.4 Å². The van der Waals surface area contributed by atoms with Crippen molar-refractivity contribution in [3.63, 3.8) is 0 Å². The van der Waals surface area contributed by atoms with E-state index in [4.69, 9.17) is 4.84 Å². The van der Waals surface area contributed by atoms with Gasteiger partial charge in [-0.25, -0.2) is 4.79 Å². The van der Waals surface area contributed by atoms with Crippen LogP contribution in [0.5, 0.6) is 0 Å². The smallest absolute Gasteiger partial charge is 0.320 e. The zero-order valence-corrected chi connectivity index (χ0v) is 13.5. The van der Waals surface area contributed by atoms with E-state index in [2.05, 4.69) is 5.32 Å². The van der Waals surface area contributed by atoms with E-state index in [9.17, 15) is 19.2 Å². The number of nitrogens with one attached hydrogen (secondary N) is 1. The van der Waals surface area contributed by atoms with Gasteiger partial charge in [-0.05, 0) is 37.1 Å². The van der Waals surface area contributed by atoms with Crippen molar-refractivity contribution < 1.29 is 24.0 Å². The summed E-state index contributed by atoms with van der Waals surface area (Å²) in [6, 6.07) is 11.4. The number of carbonyl (C=O) groups excluding carboxylic acids is 4. The third-order valence-corrected chi connectivity index (χ3v) is 3.84. The highest BCUT2D eigenvalue weighted by Crippen LogP contribution is 2.23. The minimum absolute atomic E-state index is 0.121. The van der Waals surface area contributed by atoms with Gasteiger partial charge in [0.25, 0.3) is 11.8 Å². The van der Waals surface area contributed by atoms with E-state index >= 15 is 0 Å². The molecule has 1 aliphatic rings. The number of rotatable bonds is 2. The lowest BCUT2D eigenvalue weighted by Gasteiger charge is -2.14. The van der Waals surface area contributed by atoms with Gasteiger partial charge in [-0.2, -0.15) is 0 Å². The summed E-state index contributed by atoms with van der Waals surface area (Å²) in [5.41, 5.74) is 2.25. The van der Waals surface area contributed by atoms with Gasteiger partial charge in [-0.15, -0.1) is 0 Å². The summed E-state index contributed by atoms with van der Waals surface area (Å²) in [7, 11) is 0. The van der Waals surface area contributed by atoms with Gasteiger partial charge in [0.2, 0.25) is 0 Å². The second kappa shape index (κ2) is 6.20. The molecule has 126 valence electrons. The third kappa shape index (κ3) is 2.87. The third-order valence-electron chi connectivity index (χ3n) is 3.84. The SMILES string of the molecule is Cc1cccc(C)c1NC(=O)C(=O)ON1C(=O)c2ccccc2C1=O. The Labute approximate surface area is 143 Å². The lowest BCUT2D eigenvalue weighted by molar-refractivity contribution is -0.172. The van der Waals surface area contributed by atoms with Crippen LogP contribution in [0.3, 0.4) is 0 Å². The Morgan fingerprint density at radius 3 is 1.92 bits per heavy atom. The zero-order chi connectivity index (χ0) is 18.1. The molecule has 0 unspecified atom stereocenters. The molecule has 0 radical (unpaired) electrons. The molecule has 0 bridgehead atoms. The molecule has 0 saturated carbocycles. The molecule has 1 heterocycles. The second-order valence-corrected chi connectivity index (χ2v) is 5.55. The molecule has 7 nitrogen and oxygen atoms in total. The Hall–Kier alpha value is -3.48. The predicted molar refractivity (Wildman–Crippen MR) is 87.6 cm³/mol. The van der Waals surface area contributed by atoms with Crippen molar-refractivity contribution in [2.75, 3.05) is 5.32 Å². The lowest BCUT2D eigenvalue weighted by Crippen LogP contribution is -2.37. The fourth-order valence-electron chi connectivity index (χ4n) is 2.55. The van der Waals surface area contributed by atoms with Crippen LogP contribution in [0.15, 0.2) is 42.5 Å². The molecule has 2 aromatic carbocycles. The Morgan fingerprint density at radius 1 is 0.880 bits per heavy atom. The van der Waals surface area contributed by atoms with Crippen LogP contribution < -0.4 is 5.32 Å². The molecule has 0 saturated heterocycles. The van der Waals surface area contributed by atoms with E-state index < -0.39 is 23.7 Å². The highest BCUT2D eigenvalue weighted by Gasteiger charge is 2.39. The van der Waals surface area contributed by atoms with E-state index in [-0.39, 0.29) is 11.1 Å². The van der Waals surface area contributed by atoms with Gasteiger partial charge in [-0.3, -0.25) is 14.4 Å². The molecule has 25 heavy (non-hydrogen) atoms. The predicted octanol–water partition coefficient (Wildman–Crippen LogP) is 2.00. The average Bonchev–Trinajstić information content (AvgIpc) is 2.83. The Kier molecular flexibility index (Phi) is 4.06. The fraction of sp³-hybridized carbons (Fsp3) is 0.111. The first-order chi connectivity index (χ1) is 11.9. The van der Waals surface area contributed by atoms with Crippen LogP contribution in [0.2, 0.25) is 0 Å². The molecule has 0 atom stereocenters. The molecule has 3 rings (SSSR count). The normalized spacial score (nSPS) is 12.8. The molecule has 2 aromatic rings. The van der Waals surface area contributed by atoms with Crippen LogP contribution in [0.25, 0.3) is 0 Å². The number of hydrogen-bond acceptors (Lipinski definition) is 5. The summed E-state index contributed by atoms with van der Waals surface area (Å²) < 4.78 is 0. The van der Waals surface area contributed by atoms with Crippen molar-refractivity contribution in [2.45, 2.75) is 13.8 Å². The molecule has 1 N–H and O–H groups in total. The first-order valence-corrected chi connectivity index (χ1v) is 7.47. The molecule has 0 aliphatic carbocycles. The number of anilines is 1. The van der Waals surface area contributed by atoms with Gasteiger partial charge in [0.15, 0.2) is 0 Å². The number of hydroxylamine groups is 2. The largest absolute Gasteiger partial charge is 0.421 e. The topological polar surface area (TPSA) is 92.8 Å². The minimum atomic E-state index is -1.35. The summed E-state index contributed by atoms with van der Waals surface area (Å²) in [6.45, 7) is 3.55. The summed E-state index contributed by atoms with van der Waals surface area (Å²) in [5, 5.41) is 2.74. The number of benzene rings is 2. The number of imide groups is 1. The van der Waals surface area contributed by atoms with Crippen molar-refractivity contribution in [3.05, 3.63) is 64.7 Å². The highest BCUT2D eigenvalue weighted by molar-refractivity contribution is 6.38. The quantitative estimate of drug-likeness (QED) is 0.668. The molecule has 0 aromatic heterocycles. The monoisotopic (exact) mass is 338 g/mol. The van der Waals surface area contributed by atoms with E-state index in [1.165, 1.54) is 12.1 Å². The molecular formula is C18H14N2O5. The van der Waals surface area contributed by atoms with Crippen molar-refractivity contribution in [3.8, 4) is 0 Å². The Balaban J connectivity index is 1.74. The van der Waals surface area contributed by atoms with Gasteiger partial charge < -0.3 is 10.2 Å². The van der Waals surface area contributed by atoms with Gasteiger partial charge in [-0.1, -0.05) is 35.4 Å². The summed E-state index contributed by atoms with van der Waals surface area (Å²) in [5.74, 6) is -3.99. The van der Waals surface area contributed by atoms with E-state index in [0.29, 0.717) is 10.8 Å². The summed E-state index contributed by atoms with van der Waals surface area (Å²) in [4.78, 5) is 53.0. The molecule has 0 fully saturated rings. The maximum atomic E-state index is 12.1. The number of para-hydroxylation sites is 1. The maximum absolute atomic E-state index is 12.1. The van der Waals surface area contributed by atoms with Crippen molar-refractivity contribution in [1.82, 2.24) is 5.06 Å². The van der Waals surface area contributed by atoms with Crippen LogP contribution in [0.1, 0.15) is 31.8 Å². The van der Waals surface area contributed by atoms with Gasteiger partial charge in [0.1, 0.15) is 0 Å². The molecule has 3 amide bonds. The van der Waals surface area contributed by atoms with Crippen LogP contribution in [0, 0.1) is 13.8 Å². The van der Waals surface area contributed by atoms with E-state index in [1.807, 2.05) is 6.07 Å². The standard InChI is InChI=1S/C18H14N2O5/c1-10-6-5-7-11(2)14(10)19-15(21)18(24)25-20-16(22)12-8-3-4-9-13(12)17(20)23/h3-9H,1-2H3,(H,19,21). The number of fused-ring (bicyclic) bond motifs is 1. The Bertz CT molecular complexity index is 864. The molecular weight excluding hydrogens is 324 g/mol. The Morgan fingerprint density at radius 2 is 1.40 bits per heavy atom. The fourth-order valence-corrected chi connectivity index (χ4v) is 2.55. The van der Waals surface area contributed by atoms with Crippen molar-refractivity contribution in [1.29, 1.82) is 0 Å². The number of hydrogen-bond donors (Lipinski definition) is 1. The van der Waals surface area contributed by atoms with E-state index in [0.717, 1.165) is 11.1 Å². The molecule has 0 spiro atoms. The van der Waals surface area contributed by atoms with Crippen LogP contribution >= 0.6 is 0 Å². The van der Waals surface area contributed by atoms with Crippen LogP contribution in [-0.4, -0.2) is 28.8 Å². The summed E-state index contributed by atoms with van der Waals surface area (Å²) >= 11 is 0. The van der Waals surface area contributed by atoms with Gasteiger partial charge in [0, 0.05) is 5.69 Å².